The zero-order valence-electron chi connectivity index (χ0n) is 14.6. The minimum Gasteiger partial charge on any atom is -0.483 e. The Bertz CT molecular complexity index is 928. The molecule has 0 saturated carbocycles. The Balaban J connectivity index is 1.38. The third-order valence-electron chi connectivity index (χ3n) is 3.95. The van der Waals surface area contributed by atoms with Crippen molar-refractivity contribution >= 4 is 51.6 Å². The van der Waals surface area contributed by atoms with Crippen LogP contribution in [0.3, 0.4) is 0 Å². The van der Waals surface area contributed by atoms with Crippen molar-refractivity contribution in [2.75, 3.05) is 18.9 Å². The summed E-state index contributed by atoms with van der Waals surface area (Å²) >= 11 is 13.7. The zero-order valence-corrected chi connectivity index (χ0v) is 16.9. The first-order chi connectivity index (χ1) is 13.1. The summed E-state index contributed by atoms with van der Waals surface area (Å²) in [4.78, 5) is 12.0. The van der Waals surface area contributed by atoms with Gasteiger partial charge in [-0.3, -0.25) is 4.79 Å². The largest absolute Gasteiger partial charge is 0.483 e. The molecule has 1 N–H and O–H groups in total. The predicted octanol–water partition coefficient (Wildman–Crippen LogP) is 5.58. The van der Waals surface area contributed by atoms with Crippen LogP contribution in [0.5, 0.6) is 5.75 Å². The van der Waals surface area contributed by atoms with Gasteiger partial charge in [0.15, 0.2) is 6.61 Å². The van der Waals surface area contributed by atoms with Gasteiger partial charge in [0.25, 0.3) is 5.91 Å². The van der Waals surface area contributed by atoms with E-state index in [-0.39, 0.29) is 12.5 Å². The molecule has 0 radical (unpaired) electrons. The number of fused-ring (bicyclic) bond motifs is 1. The summed E-state index contributed by atoms with van der Waals surface area (Å²) in [6.07, 6.45) is 0. The molecule has 0 atom stereocenters. The molecule has 0 aliphatic carbocycles. The first-order valence-corrected chi connectivity index (χ1v) is 10.4. The lowest BCUT2D eigenvalue weighted by atomic mass is 10.1. The van der Waals surface area contributed by atoms with Gasteiger partial charge in [-0.15, -0.1) is 0 Å². The Morgan fingerprint density at radius 3 is 2.70 bits per heavy atom. The van der Waals surface area contributed by atoms with E-state index in [0.717, 1.165) is 33.6 Å². The summed E-state index contributed by atoms with van der Waals surface area (Å²) in [5, 5.41) is 6.27. The fourth-order valence-corrected chi connectivity index (χ4v) is 4.02. The third-order valence-corrected chi connectivity index (χ3v) is 5.54. The number of carbonyl (C=O) groups excluding carboxylic acids is 1. The maximum absolute atomic E-state index is 12.0. The van der Waals surface area contributed by atoms with Crippen LogP contribution < -0.4 is 10.1 Å². The van der Waals surface area contributed by atoms with Gasteiger partial charge in [-0.05, 0) is 29.1 Å². The molecule has 140 valence electrons. The van der Waals surface area contributed by atoms with Crippen molar-refractivity contribution in [1.29, 1.82) is 0 Å². The average Bonchev–Trinajstić information content (AvgIpc) is 2.67. The SMILES string of the molecule is O=C(COc1cccc2ccccc12)NCCSCc1ccc(Cl)cc1Cl. The van der Waals surface area contributed by atoms with Gasteiger partial charge in [-0.2, -0.15) is 11.8 Å². The maximum Gasteiger partial charge on any atom is 0.257 e. The highest BCUT2D eigenvalue weighted by Gasteiger charge is 2.06. The summed E-state index contributed by atoms with van der Waals surface area (Å²) < 4.78 is 5.69. The normalized spacial score (nSPS) is 10.7. The van der Waals surface area contributed by atoms with Crippen molar-refractivity contribution in [2.24, 2.45) is 0 Å². The lowest BCUT2D eigenvalue weighted by Crippen LogP contribution is -2.30. The molecular formula is C21H19Cl2NO2S. The van der Waals surface area contributed by atoms with Crippen LogP contribution in [0.1, 0.15) is 5.56 Å². The van der Waals surface area contributed by atoms with Crippen LogP contribution in [0, 0.1) is 0 Å². The van der Waals surface area contributed by atoms with E-state index in [9.17, 15) is 4.79 Å². The summed E-state index contributed by atoms with van der Waals surface area (Å²) in [6, 6.07) is 19.3. The van der Waals surface area contributed by atoms with Gasteiger partial charge in [0.2, 0.25) is 0 Å². The van der Waals surface area contributed by atoms with E-state index in [0.29, 0.717) is 16.6 Å². The number of benzene rings is 3. The molecule has 1 amide bonds. The molecular weight excluding hydrogens is 401 g/mol. The van der Waals surface area contributed by atoms with E-state index in [2.05, 4.69) is 5.32 Å². The molecule has 0 aliphatic rings. The van der Waals surface area contributed by atoms with Gasteiger partial charge in [-0.25, -0.2) is 0 Å². The zero-order chi connectivity index (χ0) is 19.1. The number of halogens is 2. The monoisotopic (exact) mass is 419 g/mol. The number of hydrogen-bond acceptors (Lipinski definition) is 3. The number of amides is 1. The standard InChI is InChI=1S/C21H19Cl2NO2S/c22-17-9-8-16(19(23)12-17)14-27-11-10-24-21(25)13-26-20-7-3-5-15-4-1-2-6-18(15)20/h1-9,12H,10-11,13-14H2,(H,24,25). The molecule has 3 rings (SSSR count). The number of ether oxygens (including phenoxy) is 1. The van der Waals surface area contributed by atoms with Gasteiger partial charge >= 0.3 is 0 Å². The molecule has 0 fully saturated rings. The van der Waals surface area contributed by atoms with Crippen LogP contribution in [0.4, 0.5) is 0 Å². The minimum atomic E-state index is -0.131. The quantitative estimate of drug-likeness (QED) is 0.484. The van der Waals surface area contributed by atoms with Crippen LogP contribution in [0.15, 0.2) is 60.7 Å². The Hall–Kier alpha value is -1.88. The van der Waals surface area contributed by atoms with E-state index < -0.39 is 0 Å². The Kier molecular flexibility index (Phi) is 7.27. The van der Waals surface area contributed by atoms with E-state index in [4.69, 9.17) is 27.9 Å². The van der Waals surface area contributed by atoms with Gasteiger partial charge < -0.3 is 10.1 Å². The predicted molar refractivity (Wildman–Crippen MR) is 115 cm³/mol. The minimum absolute atomic E-state index is 0.00167. The molecule has 6 heteroatoms. The summed E-state index contributed by atoms with van der Waals surface area (Å²) in [6.45, 7) is 0.579. The van der Waals surface area contributed by atoms with Crippen molar-refractivity contribution in [2.45, 2.75) is 5.75 Å². The lowest BCUT2D eigenvalue weighted by molar-refractivity contribution is -0.122. The van der Waals surface area contributed by atoms with E-state index in [1.807, 2.05) is 54.6 Å². The van der Waals surface area contributed by atoms with Crippen LogP contribution >= 0.6 is 35.0 Å². The lowest BCUT2D eigenvalue weighted by Gasteiger charge is -2.10. The summed E-state index contributed by atoms with van der Waals surface area (Å²) in [5.41, 5.74) is 1.04. The molecule has 3 nitrogen and oxygen atoms in total. The number of hydrogen-bond donors (Lipinski definition) is 1. The van der Waals surface area contributed by atoms with Gasteiger partial charge in [0, 0.05) is 33.5 Å². The molecule has 0 saturated heterocycles. The van der Waals surface area contributed by atoms with Gasteiger partial charge in [-0.1, -0.05) is 65.7 Å². The summed E-state index contributed by atoms with van der Waals surface area (Å²) in [7, 11) is 0. The Morgan fingerprint density at radius 1 is 1.04 bits per heavy atom. The highest BCUT2D eigenvalue weighted by atomic mass is 35.5. The van der Waals surface area contributed by atoms with Crippen molar-refractivity contribution in [3.05, 3.63) is 76.3 Å². The van der Waals surface area contributed by atoms with Crippen molar-refractivity contribution < 1.29 is 9.53 Å². The van der Waals surface area contributed by atoms with Crippen LogP contribution in [0.25, 0.3) is 10.8 Å². The van der Waals surface area contributed by atoms with Gasteiger partial charge in [0.1, 0.15) is 5.75 Å². The van der Waals surface area contributed by atoms with Crippen molar-refractivity contribution in [1.82, 2.24) is 5.32 Å². The molecule has 27 heavy (non-hydrogen) atoms. The second kappa shape index (κ2) is 9.88. The van der Waals surface area contributed by atoms with Crippen molar-refractivity contribution in [3.8, 4) is 5.75 Å². The number of thioether (sulfide) groups is 1. The summed E-state index contributed by atoms with van der Waals surface area (Å²) in [5.74, 6) is 2.15. The number of carbonyl (C=O) groups is 1. The highest BCUT2D eigenvalue weighted by molar-refractivity contribution is 7.98. The van der Waals surface area contributed by atoms with E-state index >= 15 is 0 Å². The van der Waals surface area contributed by atoms with E-state index in [1.165, 1.54) is 0 Å². The van der Waals surface area contributed by atoms with Crippen LogP contribution in [-0.2, 0) is 10.5 Å². The average molecular weight is 420 g/mol. The maximum atomic E-state index is 12.0. The molecule has 0 spiro atoms. The van der Waals surface area contributed by atoms with Crippen LogP contribution in [0.2, 0.25) is 10.0 Å². The molecule has 0 aromatic heterocycles. The number of rotatable bonds is 8. The molecule has 0 aliphatic heterocycles. The Morgan fingerprint density at radius 2 is 1.85 bits per heavy atom. The first-order valence-electron chi connectivity index (χ1n) is 8.52. The Labute approximate surface area is 173 Å². The smallest absolute Gasteiger partial charge is 0.257 e. The van der Waals surface area contributed by atoms with Crippen molar-refractivity contribution in [3.63, 3.8) is 0 Å². The fraction of sp³-hybridized carbons (Fsp3) is 0.190. The fourth-order valence-electron chi connectivity index (χ4n) is 2.60. The molecule has 3 aromatic rings. The molecule has 0 heterocycles. The third kappa shape index (κ3) is 5.80. The second-order valence-corrected chi connectivity index (χ2v) is 7.85. The first kappa shape index (κ1) is 19.9. The topological polar surface area (TPSA) is 38.3 Å². The highest BCUT2D eigenvalue weighted by Crippen LogP contribution is 2.25. The molecule has 0 unspecified atom stereocenters. The van der Waals surface area contributed by atoms with Crippen LogP contribution in [-0.4, -0.2) is 24.8 Å². The molecule has 0 bridgehead atoms. The van der Waals surface area contributed by atoms with E-state index in [1.54, 1.807) is 17.8 Å². The number of nitrogens with one attached hydrogen (secondary N) is 1. The van der Waals surface area contributed by atoms with Gasteiger partial charge in [0.05, 0.1) is 0 Å². The molecule has 3 aromatic carbocycles. The second-order valence-electron chi connectivity index (χ2n) is 5.90.